The number of carbonyl (C=O) groups excluding carboxylic acids is 2. The van der Waals surface area contributed by atoms with Gasteiger partial charge in [-0.3, -0.25) is 9.59 Å². The SMILES string of the molecule is CC(=O)c1cccc(OCC(=O)NC(C)c2cnn(-c3ccc(F)cc3)c2C)c1. The highest BCUT2D eigenvalue weighted by Gasteiger charge is 2.17. The van der Waals surface area contributed by atoms with Gasteiger partial charge in [0.15, 0.2) is 12.4 Å². The summed E-state index contributed by atoms with van der Waals surface area (Å²) in [6.07, 6.45) is 1.68. The van der Waals surface area contributed by atoms with Crippen molar-refractivity contribution in [1.82, 2.24) is 15.1 Å². The van der Waals surface area contributed by atoms with E-state index >= 15 is 0 Å². The lowest BCUT2D eigenvalue weighted by molar-refractivity contribution is -0.123. The maximum absolute atomic E-state index is 13.1. The van der Waals surface area contributed by atoms with Crippen LogP contribution in [0.25, 0.3) is 5.69 Å². The molecule has 1 aromatic heterocycles. The van der Waals surface area contributed by atoms with E-state index in [2.05, 4.69) is 10.4 Å². The minimum Gasteiger partial charge on any atom is -0.484 e. The smallest absolute Gasteiger partial charge is 0.258 e. The van der Waals surface area contributed by atoms with Crippen LogP contribution in [0.3, 0.4) is 0 Å². The van der Waals surface area contributed by atoms with E-state index in [-0.39, 0.29) is 30.2 Å². The number of nitrogens with one attached hydrogen (secondary N) is 1. The van der Waals surface area contributed by atoms with E-state index in [1.54, 1.807) is 47.3 Å². The number of ketones is 1. The Bertz CT molecular complexity index is 1030. The van der Waals surface area contributed by atoms with Gasteiger partial charge in [-0.25, -0.2) is 9.07 Å². The van der Waals surface area contributed by atoms with Crippen molar-refractivity contribution < 1.29 is 18.7 Å². The number of hydrogen-bond donors (Lipinski definition) is 1. The zero-order chi connectivity index (χ0) is 21.0. The monoisotopic (exact) mass is 395 g/mol. The van der Waals surface area contributed by atoms with Crippen LogP contribution in [0.1, 0.15) is 41.5 Å². The number of amides is 1. The summed E-state index contributed by atoms with van der Waals surface area (Å²) < 4.78 is 20.3. The van der Waals surface area contributed by atoms with Crippen LogP contribution in [-0.2, 0) is 4.79 Å². The molecular formula is C22H22FN3O3. The third-order valence-corrected chi connectivity index (χ3v) is 4.57. The molecule has 0 radical (unpaired) electrons. The molecule has 0 saturated carbocycles. The Hall–Kier alpha value is -3.48. The Morgan fingerprint density at radius 1 is 1.21 bits per heavy atom. The molecule has 0 spiro atoms. The number of ether oxygens (including phenoxy) is 1. The normalized spacial score (nSPS) is 11.7. The van der Waals surface area contributed by atoms with Gasteiger partial charge in [-0.2, -0.15) is 5.10 Å². The maximum Gasteiger partial charge on any atom is 0.258 e. The number of rotatable bonds is 7. The lowest BCUT2D eigenvalue weighted by atomic mass is 10.1. The van der Waals surface area contributed by atoms with E-state index in [4.69, 9.17) is 4.74 Å². The number of hydrogen-bond acceptors (Lipinski definition) is 4. The van der Waals surface area contributed by atoms with Crippen LogP contribution in [0.15, 0.2) is 54.7 Å². The van der Waals surface area contributed by atoms with Crippen molar-refractivity contribution in [1.29, 1.82) is 0 Å². The standard InChI is InChI=1S/C22H22FN3O3/c1-14(21-12-24-26(15(21)2)19-9-7-18(23)8-10-19)25-22(28)13-29-20-6-4-5-17(11-20)16(3)27/h4-12,14H,13H2,1-3H3,(H,25,28). The number of Topliss-reactive ketones (excluding diaryl/α,β-unsaturated/α-hetero) is 1. The Morgan fingerprint density at radius 2 is 1.93 bits per heavy atom. The molecule has 3 rings (SSSR count). The molecular weight excluding hydrogens is 373 g/mol. The van der Waals surface area contributed by atoms with Gasteiger partial charge in [0, 0.05) is 16.8 Å². The van der Waals surface area contributed by atoms with Crippen molar-refractivity contribution in [3.63, 3.8) is 0 Å². The molecule has 7 heteroatoms. The minimum absolute atomic E-state index is 0.0674. The molecule has 29 heavy (non-hydrogen) atoms. The summed E-state index contributed by atoms with van der Waals surface area (Å²) in [4.78, 5) is 23.7. The van der Waals surface area contributed by atoms with E-state index in [0.717, 1.165) is 16.9 Å². The summed E-state index contributed by atoms with van der Waals surface area (Å²) in [5.41, 5.74) is 2.96. The third kappa shape index (κ3) is 4.87. The van der Waals surface area contributed by atoms with Crippen LogP contribution in [0.2, 0.25) is 0 Å². The highest BCUT2D eigenvalue weighted by Crippen LogP contribution is 2.20. The van der Waals surface area contributed by atoms with E-state index < -0.39 is 0 Å². The molecule has 1 N–H and O–H groups in total. The highest BCUT2D eigenvalue weighted by atomic mass is 19.1. The van der Waals surface area contributed by atoms with Gasteiger partial charge in [-0.05, 0) is 57.2 Å². The van der Waals surface area contributed by atoms with Crippen molar-refractivity contribution in [3.8, 4) is 11.4 Å². The number of halogens is 1. The van der Waals surface area contributed by atoms with Gasteiger partial charge in [0.25, 0.3) is 5.91 Å². The van der Waals surface area contributed by atoms with E-state index in [0.29, 0.717) is 11.3 Å². The van der Waals surface area contributed by atoms with Gasteiger partial charge in [0.1, 0.15) is 11.6 Å². The van der Waals surface area contributed by atoms with Crippen molar-refractivity contribution in [2.24, 2.45) is 0 Å². The summed E-state index contributed by atoms with van der Waals surface area (Å²) >= 11 is 0. The molecule has 0 bridgehead atoms. The van der Waals surface area contributed by atoms with Crippen LogP contribution >= 0.6 is 0 Å². The zero-order valence-corrected chi connectivity index (χ0v) is 16.5. The molecule has 1 unspecified atom stereocenters. The first kappa shape index (κ1) is 20.3. The van der Waals surface area contributed by atoms with Crippen LogP contribution in [-0.4, -0.2) is 28.1 Å². The molecule has 0 saturated heterocycles. The van der Waals surface area contributed by atoms with Crippen molar-refractivity contribution in [2.45, 2.75) is 26.8 Å². The Labute approximate surface area is 168 Å². The van der Waals surface area contributed by atoms with Crippen molar-refractivity contribution in [2.75, 3.05) is 6.61 Å². The number of benzene rings is 2. The number of carbonyl (C=O) groups is 2. The quantitative estimate of drug-likeness (QED) is 0.618. The first-order valence-electron chi connectivity index (χ1n) is 9.19. The van der Waals surface area contributed by atoms with Gasteiger partial charge in [-0.1, -0.05) is 12.1 Å². The van der Waals surface area contributed by atoms with E-state index in [1.165, 1.54) is 19.1 Å². The molecule has 0 aliphatic rings. The van der Waals surface area contributed by atoms with Gasteiger partial charge in [-0.15, -0.1) is 0 Å². The lowest BCUT2D eigenvalue weighted by Gasteiger charge is -2.15. The average Bonchev–Trinajstić information content (AvgIpc) is 3.08. The molecule has 0 aliphatic carbocycles. The van der Waals surface area contributed by atoms with Crippen molar-refractivity contribution in [3.05, 3.63) is 77.4 Å². The molecule has 150 valence electrons. The minimum atomic E-state index is -0.312. The largest absolute Gasteiger partial charge is 0.484 e. The molecule has 1 heterocycles. The van der Waals surface area contributed by atoms with Gasteiger partial charge >= 0.3 is 0 Å². The topological polar surface area (TPSA) is 73.2 Å². The van der Waals surface area contributed by atoms with E-state index in [1.807, 2.05) is 13.8 Å². The maximum atomic E-state index is 13.1. The molecule has 0 fully saturated rings. The van der Waals surface area contributed by atoms with Crippen LogP contribution in [0.5, 0.6) is 5.75 Å². The van der Waals surface area contributed by atoms with E-state index in [9.17, 15) is 14.0 Å². The highest BCUT2D eigenvalue weighted by molar-refractivity contribution is 5.94. The summed E-state index contributed by atoms with van der Waals surface area (Å²) in [6, 6.07) is 12.5. The Morgan fingerprint density at radius 3 is 2.62 bits per heavy atom. The fourth-order valence-electron chi connectivity index (χ4n) is 3.00. The molecule has 1 amide bonds. The second-order valence-corrected chi connectivity index (χ2v) is 6.74. The Kier molecular flexibility index (Phi) is 6.07. The first-order chi connectivity index (χ1) is 13.8. The predicted molar refractivity (Wildman–Crippen MR) is 107 cm³/mol. The summed E-state index contributed by atoms with van der Waals surface area (Å²) in [5.74, 6) is -0.212. The molecule has 0 aliphatic heterocycles. The fourth-order valence-corrected chi connectivity index (χ4v) is 3.00. The third-order valence-electron chi connectivity index (χ3n) is 4.57. The predicted octanol–water partition coefficient (Wildman–Crippen LogP) is 3.78. The molecule has 1 atom stereocenters. The first-order valence-corrected chi connectivity index (χ1v) is 9.19. The van der Waals surface area contributed by atoms with Crippen LogP contribution in [0.4, 0.5) is 4.39 Å². The lowest BCUT2D eigenvalue weighted by Crippen LogP contribution is -2.31. The molecule has 6 nitrogen and oxygen atoms in total. The van der Waals surface area contributed by atoms with Crippen molar-refractivity contribution >= 4 is 11.7 Å². The second kappa shape index (κ2) is 8.68. The fraction of sp³-hybridized carbons (Fsp3) is 0.227. The molecule has 2 aromatic carbocycles. The average molecular weight is 395 g/mol. The number of aromatic nitrogens is 2. The van der Waals surface area contributed by atoms with Gasteiger partial charge in [0.2, 0.25) is 0 Å². The number of nitrogens with zero attached hydrogens (tertiary/aromatic N) is 2. The summed E-state index contributed by atoms with van der Waals surface area (Å²) in [6.45, 7) is 5.05. The summed E-state index contributed by atoms with van der Waals surface area (Å²) in [7, 11) is 0. The summed E-state index contributed by atoms with van der Waals surface area (Å²) in [5, 5.41) is 7.22. The van der Waals surface area contributed by atoms with Crippen LogP contribution < -0.4 is 10.1 Å². The van der Waals surface area contributed by atoms with Crippen LogP contribution in [0, 0.1) is 12.7 Å². The van der Waals surface area contributed by atoms with Gasteiger partial charge < -0.3 is 10.1 Å². The zero-order valence-electron chi connectivity index (χ0n) is 16.5. The molecule has 3 aromatic rings. The van der Waals surface area contributed by atoms with Gasteiger partial charge in [0.05, 0.1) is 17.9 Å². The Balaban J connectivity index is 1.62. The second-order valence-electron chi connectivity index (χ2n) is 6.74.